The van der Waals surface area contributed by atoms with Gasteiger partial charge in [0.2, 0.25) is 0 Å². The van der Waals surface area contributed by atoms with E-state index >= 15 is 0 Å². The highest BCUT2D eigenvalue weighted by atomic mass is 19.1. The number of aromatic hydroxyl groups is 1. The maximum Gasteiger partial charge on any atom is 0.343 e. The van der Waals surface area contributed by atoms with Gasteiger partial charge in [-0.05, 0) is 48.1 Å². The summed E-state index contributed by atoms with van der Waals surface area (Å²) < 4.78 is 22.1. The highest BCUT2D eigenvalue weighted by molar-refractivity contribution is 5.99. The molecule has 0 bridgehead atoms. The molecule has 1 atom stereocenters. The molecule has 1 aliphatic heterocycles. The van der Waals surface area contributed by atoms with E-state index in [1.54, 1.807) is 10.7 Å². The average Bonchev–Trinajstić information content (AvgIpc) is 3.42. The van der Waals surface area contributed by atoms with Crippen LogP contribution in [-0.4, -0.2) is 42.8 Å². The molecule has 0 fully saturated rings. The van der Waals surface area contributed by atoms with Gasteiger partial charge in [0, 0.05) is 36.8 Å². The molecule has 44 heavy (non-hydrogen) atoms. The zero-order chi connectivity index (χ0) is 30.4. The number of benzene rings is 3. The number of anilines is 1. The number of nitrogen functional groups attached to an aromatic ring is 1. The van der Waals surface area contributed by atoms with E-state index in [1.165, 1.54) is 24.0 Å². The predicted molar refractivity (Wildman–Crippen MR) is 167 cm³/mol. The summed E-state index contributed by atoms with van der Waals surface area (Å²) in [5, 5.41) is 16.6. The van der Waals surface area contributed by atoms with Crippen LogP contribution in [0.15, 0.2) is 94.4 Å². The van der Waals surface area contributed by atoms with Crippen LogP contribution >= 0.6 is 0 Å². The fraction of sp³-hybridized carbons (Fsp3) is 0.176. The molecule has 0 aliphatic carbocycles. The first kappa shape index (κ1) is 27.5. The third-order valence-corrected chi connectivity index (χ3v) is 8.09. The summed E-state index contributed by atoms with van der Waals surface area (Å²) >= 11 is 0. The lowest BCUT2D eigenvalue weighted by Crippen LogP contribution is -2.29. The van der Waals surface area contributed by atoms with E-state index in [9.17, 15) is 14.3 Å². The smallest absolute Gasteiger partial charge is 0.343 e. The van der Waals surface area contributed by atoms with Crippen LogP contribution in [0.1, 0.15) is 36.3 Å². The number of hydrogen-bond acceptors (Lipinski definition) is 8. The summed E-state index contributed by atoms with van der Waals surface area (Å²) in [4.78, 5) is 24.4. The van der Waals surface area contributed by atoms with Gasteiger partial charge in [-0.2, -0.15) is 5.10 Å². The number of hydrogen-bond donors (Lipinski definition) is 2. The molecular weight excluding hydrogens is 559 g/mol. The number of rotatable bonds is 6. The van der Waals surface area contributed by atoms with Gasteiger partial charge in [0.15, 0.2) is 5.65 Å². The third-order valence-electron chi connectivity index (χ3n) is 8.09. The second-order valence-corrected chi connectivity index (χ2v) is 11.0. The normalized spacial score (nSPS) is 14.6. The van der Waals surface area contributed by atoms with E-state index in [1.807, 2.05) is 43.3 Å². The molecule has 6 aromatic rings. The fourth-order valence-corrected chi connectivity index (χ4v) is 6.10. The van der Waals surface area contributed by atoms with E-state index in [4.69, 9.17) is 15.2 Å². The van der Waals surface area contributed by atoms with E-state index in [0.29, 0.717) is 40.0 Å². The first-order chi connectivity index (χ1) is 21.4. The van der Waals surface area contributed by atoms with E-state index in [0.717, 1.165) is 42.1 Å². The number of nitrogens with zero attached hydrogens (tertiary/aromatic N) is 5. The highest BCUT2D eigenvalue weighted by Gasteiger charge is 2.28. The van der Waals surface area contributed by atoms with Gasteiger partial charge in [0.25, 0.3) is 0 Å². The average molecular weight is 589 g/mol. The number of aromatic nitrogens is 4. The van der Waals surface area contributed by atoms with Crippen molar-refractivity contribution in [2.75, 3.05) is 18.8 Å². The molecule has 9 nitrogen and oxygen atoms in total. The molecule has 3 aromatic carbocycles. The van der Waals surface area contributed by atoms with Gasteiger partial charge < -0.3 is 15.3 Å². The van der Waals surface area contributed by atoms with Gasteiger partial charge in [0.1, 0.15) is 41.2 Å². The van der Waals surface area contributed by atoms with Crippen molar-refractivity contribution in [2.45, 2.75) is 25.9 Å². The number of fused-ring (bicyclic) bond motifs is 2. The zero-order valence-electron chi connectivity index (χ0n) is 23.9. The lowest BCUT2D eigenvalue weighted by Gasteiger charge is -2.29. The van der Waals surface area contributed by atoms with Gasteiger partial charge in [-0.25, -0.2) is 23.8 Å². The molecular formula is C34H29FN6O3. The Labute approximate surface area is 251 Å². The number of halogens is 1. The topological polar surface area (TPSA) is 123 Å². The molecule has 0 saturated heterocycles. The van der Waals surface area contributed by atoms with Crippen molar-refractivity contribution >= 4 is 33.2 Å². The van der Waals surface area contributed by atoms with Gasteiger partial charge in [-0.15, -0.1) is 0 Å². The third kappa shape index (κ3) is 4.88. The first-order valence-electron chi connectivity index (χ1n) is 14.4. The molecule has 3 aromatic heterocycles. The summed E-state index contributed by atoms with van der Waals surface area (Å²) in [6.07, 6.45) is 4.38. The molecule has 0 saturated carbocycles. The van der Waals surface area contributed by atoms with Crippen molar-refractivity contribution in [1.29, 1.82) is 0 Å². The lowest BCUT2D eigenvalue weighted by molar-refractivity contribution is 0.296. The van der Waals surface area contributed by atoms with E-state index < -0.39 is 17.5 Å². The first-order valence-corrected chi connectivity index (χ1v) is 14.4. The number of nitrogens with two attached hydrogens (primary N) is 1. The fourth-order valence-electron chi connectivity index (χ4n) is 6.10. The summed E-state index contributed by atoms with van der Waals surface area (Å²) in [5.41, 5.74) is 9.95. The van der Waals surface area contributed by atoms with Crippen LogP contribution in [0.25, 0.3) is 38.6 Å². The second kappa shape index (κ2) is 11.1. The van der Waals surface area contributed by atoms with Gasteiger partial charge in [-0.3, -0.25) is 4.90 Å². The van der Waals surface area contributed by atoms with Crippen molar-refractivity contribution in [2.24, 2.45) is 0 Å². The highest BCUT2D eigenvalue weighted by Crippen LogP contribution is 2.38. The van der Waals surface area contributed by atoms with Crippen LogP contribution in [0.4, 0.5) is 10.2 Å². The Bertz CT molecular complexity index is 2100. The minimum atomic E-state index is -0.627. The van der Waals surface area contributed by atoms with Crippen molar-refractivity contribution in [3.63, 3.8) is 0 Å². The van der Waals surface area contributed by atoms with E-state index in [2.05, 4.69) is 33.1 Å². The summed E-state index contributed by atoms with van der Waals surface area (Å²) in [6, 6.07) is 20.8. The molecule has 220 valence electrons. The molecule has 7 rings (SSSR count). The summed E-state index contributed by atoms with van der Waals surface area (Å²) in [7, 11) is 0. The van der Waals surface area contributed by atoms with E-state index in [-0.39, 0.29) is 11.6 Å². The Balaban J connectivity index is 1.39. The Hall–Kier alpha value is -5.35. The van der Waals surface area contributed by atoms with Gasteiger partial charge >= 0.3 is 5.63 Å². The molecule has 1 unspecified atom stereocenters. The standard InChI is InChI=1S/C34H29FN6O3/c1-20(41-33-29(32(36)37-19-38-33)30(39-41)23-14-24(35)16-25(42)15-23)31-28(26-11-5-6-12-27(26)34(43)44-31)22-10-7-13-40(18-22)17-21-8-3-2-4-9-21/h2-6,8-12,14-16,19-20,42H,7,13,17-18H2,1H3,(H2,36,37,38). The number of phenols is 1. The molecule has 10 heteroatoms. The minimum absolute atomic E-state index is 0.152. The Morgan fingerprint density at radius 3 is 2.61 bits per heavy atom. The summed E-state index contributed by atoms with van der Waals surface area (Å²) in [6.45, 7) is 4.23. The molecule has 0 spiro atoms. The molecule has 4 heterocycles. The Kier molecular flexibility index (Phi) is 6.90. The Morgan fingerprint density at radius 1 is 1.05 bits per heavy atom. The minimum Gasteiger partial charge on any atom is -0.508 e. The predicted octanol–water partition coefficient (Wildman–Crippen LogP) is 5.93. The maximum absolute atomic E-state index is 14.3. The molecule has 0 amide bonds. The van der Waals surface area contributed by atoms with Gasteiger partial charge in [-0.1, -0.05) is 54.6 Å². The Morgan fingerprint density at radius 2 is 1.82 bits per heavy atom. The maximum atomic E-state index is 14.3. The largest absolute Gasteiger partial charge is 0.508 e. The van der Waals surface area contributed by atoms with Crippen molar-refractivity contribution in [3.8, 4) is 17.0 Å². The quantitative estimate of drug-likeness (QED) is 0.246. The van der Waals surface area contributed by atoms with Crippen molar-refractivity contribution < 1.29 is 13.9 Å². The van der Waals surface area contributed by atoms with Crippen LogP contribution in [0.2, 0.25) is 0 Å². The van der Waals surface area contributed by atoms with Crippen molar-refractivity contribution in [1.82, 2.24) is 24.6 Å². The zero-order valence-corrected chi connectivity index (χ0v) is 23.9. The SMILES string of the molecule is CC(c1oc(=O)c2ccccc2c1C1=CCCN(Cc2ccccc2)C1)n1nc(-c2cc(O)cc(F)c2)c2c(N)ncnc21. The second-order valence-electron chi connectivity index (χ2n) is 11.0. The van der Waals surface area contributed by atoms with Crippen LogP contribution < -0.4 is 11.4 Å². The number of phenolic OH excluding ortho intramolecular Hbond substituents is 1. The molecule has 1 aliphatic rings. The lowest BCUT2D eigenvalue weighted by atomic mass is 9.93. The van der Waals surface area contributed by atoms with Crippen LogP contribution in [-0.2, 0) is 6.54 Å². The van der Waals surface area contributed by atoms with Crippen LogP contribution in [0.5, 0.6) is 5.75 Å². The molecule has 0 radical (unpaired) electrons. The molecule has 3 N–H and O–H groups in total. The van der Waals surface area contributed by atoms with Crippen LogP contribution in [0, 0.1) is 5.82 Å². The monoisotopic (exact) mass is 588 g/mol. The van der Waals surface area contributed by atoms with Crippen LogP contribution in [0.3, 0.4) is 0 Å². The van der Waals surface area contributed by atoms with Gasteiger partial charge in [0.05, 0.1) is 10.8 Å². The van der Waals surface area contributed by atoms with Crippen molar-refractivity contribution in [3.05, 3.63) is 118 Å². The summed E-state index contributed by atoms with van der Waals surface area (Å²) in [5.74, 6) is -0.299.